The van der Waals surface area contributed by atoms with Crippen LogP contribution in [0.5, 0.6) is 0 Å². The lowest BCUT2D eigenvalue weighted by atomic mass is 10.0. The van der Waals surface area contributed by atoms with Gasteiger partial charge in [0.1, 0.15) is 0 Å². The van der Waals surface area contributed by atoms with Crippen molar-refractivity contribution in [3.63, 3.8) is 0 Å². The third kappa shape index (κ3) is 4.51. The normalized spacial score (nSPS) is 11.6. The van der Waals surface area contributed by atoms with E-state index in [4.69, 9.17) is 13.1 Å². The molecule has 0 atom stereocenters. The van der Waals surface area contributed by atoms with Crippen LogP contribution in [0.3, 0.4) is 0 Å². The van der Waals surface area contributed by atoms with E-state index in [0.29, 0.717) is 11.4 Å². The molecule has 0 saturated carbocycles. The average Bonchev–Trinajstić information content (AvgIpc) is 3.89. The number of hydrogen-bond donors (Lipinski definition) is 0. The lowest BCUT2D eigenvalue weighted by Gasteiger charge is -2.14. The molecule has 5 nitrogen and oxygen atoms in total. The van der Waals surface area contributed by atoms with Crippen LogP contribution in [0.25, 0.3) is 103 Å². The molecule has 0 fully saturated rings. The van der Waals surface area contributed by atoms with Gasteiger partial charge in [-0.25, -0.2) is 9.69 Å². The fourth-order valence-corrected chi connectivity index (χ4v) is 8.67. The van der Waals surface area contributed by atoms with Crippen LogP contribution in [0.2, 0.25) is 0 Å². The Kier molecular flexibility index (Phi) is 6.61. The van der Waals surface area contributed by atoms with Crippen LogP contribution in [-0.2, 0) is 0 Å². The molecule has 11 aromatic rings. The van der Waals surface area contributed by atoms with E-state index in [9.17, 15) is 0 Å². The fourth-order valence-electron chi connectivity index (χ4n) is 8.67. The summed E-state index contributed by atoms with van der Waals surface area (Å²) < 4.78 is 6.94. The van der Waals surface area contributed by atoms with Gasteiger partial charge >= 0.3 is 0 Å². The van der Waals surface area contributed by atoms with E-state index < -0.39 is 0 Å². The monoisotopic (exact) mass is 699 g/mol. The first-order chi connectivity index (χ1) is 27.2. The molecule has 0 spiro atoms. The van der Waals surface area contributed by atoms with Gasteiger partial charge in [0.05, 0.1) is 46.2 Å². The fraction of sp³-hybridized carbons (Fsp3) is 0. The Labute approximate surface area is 316 Å². The van der Waals surface area contributed by atoms with E-state index in [1.165, 1.54) is 32.6 Å². The van der Waals surface area contributed by atoms with E-state index in [2.05, 4.69) is 169 Å². The molecule has 8 aromatic carbocycles. The van der Waals surface area contributed by atoms with Gasteiger partial charge in [-0.2, -0.15) is 0 Å². The third-order valence-corrected chi connectivity index (χ3v) is 11.1. The lowest BCUT2D eigenvalue weighted by Crippen LogP contribution is -1.96. The first kappa shape index (κ1) is 30.7. The summed E-state index contributed by atoms with van der Waals surface area (Å²) in [6.45, 7) is 15.7. The zero-order valence-electron chi connectivity index (χ0n) is 29.5. The van der Waals surface area contributed by atoms with Crippen LogP contribution in [0.4, 0.5) is 11.4 Å². The van der Waals surface area contributed by atoms with Gasteiger partial charge in [0.15, 0.2) is 11.4 Å². The van der Waals surface area contributed by atoms with Crippen LogP contribution in [0, 0.1) is 13.1 Å². The molecule has 11 rings (SSSR count). The van der Waals surface area contributed by atoms with Crippen molar-refractivity contribution in [1.82, 2.24) is 13.7 Å². The minimum atomic E-state index is 0.606. The molecule has 0 aliphatic carbocycles. The van der Waals surface area contributed by atoms with Crippen molar-refractivity contribution in [2.45, 2.75) is 0 Å². The van der Waals surface area contributed by atoms with Gasteiger partial charge in [-0.15, -0.1) is 0 Å². The molecule has 0 radical (unpaired) electrons. The number of benzene rings is 8. The number of nitrogens with zero attached hydrogens (tertiary/aromatic N) is 5. The summed E-state index contributed by atoms with van der Waals surface area (Å²) in [5.74, 6) is 0. The summed E-state index contributed by atoms with van der Waals surface area (Å²) in [7, 11) is 0. The zero-order chi connectivity index (χ0) is 36.6. The molecule has 0 aliphatic heterocycles. The molecule has 0 saturated heterocycles. The standard InChI is InChI=1S/C50H29N5/c1-51-33-21-27-49-42(29-33)39-13-5-9-17-47(39)53(49)34-22-19-32(20-23-34)41-30-35(24-26-44(41)52-2)55-48-18-10-6-14-40(48)43-31-36(25-28-50(43)55)54-45-15-7-3-11-37(45)38-12-4-8-16-46(38)54/h3-31H. The highest BCUT2D eigenvalue weighted by molar-refractivity contribution is 6.13. The molecule has 0 N–H and O–H groups in total. The number of para-hydroxylation sites is 4. The quantitative estimate of drug-likeness (QED) is 0.163. The number of fused-ring (bicyclic) bond motifs is 9. The molecular formula is C50H29N5. The predicted octanol–water partition coefficient (Wildman–Crippen LogP) is 13.7. The Morgan fingerprint density at radius 1 is 0.327 bits per heavy atom. The largest absolute Gasteiger partial charge is 0.309 e. The van der Waals surface area contributed by atoms with Crippen molar-refractivity contribution in [3.8, 4) is 28.2 Å². The summed E-state index contributed by atoms with van der Waals surface area (Å²) in [6.07, 6.45) is 0. The molecule has 3 aromatic heterocycles. The van der Waals surface area contributed by atoms with E-state index in [1.54, 1.807) is 0 Å². The van der Waals surface area contributed by atoms with Crippen molar-refractivity contribution >= 4 is 76.8 Å². The second-order valence-electron chi connectivity index (χ2n) is 13.9. The maximum absolute atomic E-state index is 8.11. The van der Waals surface area contributed by atoms with Crippen molar-refractivity contribution in [2.75, 3.05) is 0 Å². The Bertz CT molecular complexity index is 3400. The summed E-state index contributed by atoms with van der Waals surface area (Å²) in [4.78, 5) is 7.64. The first-order valence-electron chi connectivity index (χ1n) is 18.3. The highest BCUT2D eigenvalue weighted by atomic mass is 15.0. The van der Waals surface area contributed by atoms with Gasteiger partial charge in [-0.1, -0.05) is 97.1 Å². The minimum absolute atomic E-state index is 0.606. The average molecular weight is 700 g/mol. The number of rotatable bonds is 4. The predicted molar refractivity (Wildman–Crippen MR) is 227 cm³/mol. The Morgan fingerprint density at radius 3 is 1.29 bits per heavy atom. The zero-order valence-corrected chi connectivity index (χ0v) is 29.5. The molecule has 0 bridgehead atoms. The highest BCUT2D eigenvalue weighted by Gasteiger charge is 2.18. The first-order valence-corrected chi connectivity index (χ1v) is 18.3. The van der Waals surface area contributed by atoms with Crippen LogP contribution >= 0.6 is 0 Å². The maximum Gasteiger partial charge on any atom is 0.195 e. The molecule has 3 heterocycles. The Morgan fingerprint density at radius 2 is 0.745 bits per heavy atom. The maximum atomic E-state index is 8.11. The Hall–Kier alpha value is -7.86. The molecule has 55 heavy (non-hydrogen) atoms. The van der Waals surface area contributed by atoms with Gasteiger partial charge in [-0.05, 0) is 95.4 Å². The lowest BCUT2D eigenvalue weighted by molar-refractivity contribution is 1.17. The van der Waals surface area contributed by atoms with Crippen molar-refractivity contribution in [2.24, 2.45) is 0 Å². The highest BCUT2D eigenvalue weighted by Crippen LogP contribution is 2.40. The van der Waals surface area contributed by atoms with Crippen molar-refractivity contribution in [1.29, 1.82) is 0 Å². The molecule has 254 valence electrons. The van der Waals surface area contributed by atoms with E-state index in [0.717, 1.165) is 61.0 Å². The van der Waals surface area contributed by atoms with Crippen LogP contribution in [0.1, 0.15) is 0 Å². The summed E-state index contributed by atoms with van der Waals surface area (Å²) in [5.41, 5.74) is 13.0. The summed E-state index contributed by atoms with van der Waals surface area (Å²) in [6, 6.07) is 61.5. The van der Waals surface area contributed by atoms with Crippen LogP contribution in [-0.4, -0.2) is 13.7 Å². The van der Waals surface area contributed by atoms with Gasteiger partial charge in [0, 0.05) is 44.0 Å². The molecule has 0 aliphatic rings. The molecule has 5 heteroatoms. The van der Waals surface area contributed by atoms with E-state index in [1.807, 2.05) is 30.3 Å². The van der Waals surface area contributed by atoms with Gasteiger partial charge in [-0.3, -0.25) is 0 Å². The van der Waals surface area contributed by atoms with Crippen LogP contribution in [0.15, 0.2) is 176 Å². The molecule has 0 amide bonds. The summed E-state index contributed by atoms with van der Waals surface area (Å²) in [5, 5.41) is 7.01. The van der Waals surface area contributed by atoms with Gasteiger partial charge < -0.3 is 13.7 Å². The Balaban J connectivity index is 1.06. The van der Waals surface area contributed by atoms with Crippen LogP contribution < -0.4 is 0 Å². The topological polar surface area (TPSA) is 23.5 Å². The molecular weight excluding hydrogens is 671 g/mol. The molecule has 0 unspecified atom stereocenters. The van der Waals surface area contributed by atoms with E-state index in [-0.39, 0.29) is 0 Å². The van der Waals surface area contributed by atoms with E-state index >= 15 is 0 Å². The van der Waals surface area contributed by atoms with Gasteiger partial charge in [0.2, 0.25) is 0 Å². The third-order valence-electron chi connectivity index (χ3n) is 11.1. The van der Waals surface area contributed by atoms with Crippen molar-refractivity contribution in [3.05, 3.63) is 199 Å². The smallest absolute Gasteiger partial charge is 0.195 e. The second-order valence-corrected chi connectivity index (χ2v) is 13.9. The van der Waals surface area contributed by atoms with Gasteiger partial charge in [0.25, 0.3) is 0 Å². The summed E-state index contributed by atoms with van der Waals surface area (Å²) >= 11 is 0. The minimum Gasteiger partial charge on any atom is -0.309 e. The number of aromatic nitrogens is 3. The van der Waals surface area contributed by atoms with Crippen molar-refractivity contribution < 1.29 is 0 Å². The number of hydrogen-bond acceptors (Lipinski definition) is 0. The second kappa shape index (κ2) is 11.8. The SMILES string of the molecule is [C-]#[N+]c1ccc2c(c1)c1ccccc1n2-c1ccc(-c2cc(-n3c4ccccc4c4cc(-n5c6ccccc6c6ccccc65)ccc43)ccc2[N+]#[C-])cc1.